The van der Waals surface area contributed by atoms with E-state index in [0.717, 1.165) is 10.9 Å². The number of hydrogen-bond donors (Lipinski definition) is 3. The van der Waals surface area contributed by atoms with Gasteiger partial charge in [-0.25, -0.2) is 14.4 Å². The Morgan fingerprint density at radius 2 is 1.79 bits per heavy atom. The first kappa shape index (κ1) is 25.3. The fourth-order valence-corrected chi connectivity index (χ4v) is 4.08. The highest BCUT2D eigenvalue weighted by molar-refractivity contribution is 9.10. The van der Waals surface area contributed by atoms with Gasteiger partial charge in [-0.3, -0.25) is 4.90 Å². The summed E-state index contributed by atoms with van der Waals surface area (Å²) < 4.78 is 6.33. The van der Waals surface area contributed by atoms with Gasteiger partial charge in [0.25, 0.3) is 0 Å². The minimum Gasteiger partial charge on any atom is -0.459 e. The van der Waals surface area contributed by atoms with E-state index in [4.69, 9.17) is 4.74 Å². The molecule has 0 spiro atoms. The average Bonchev–Trinajstić information content (AvgIpc) is 2.76. The van der Waals surface area contributed by atoms with Gasteiger partial charge >= 0.3 is 18.0 Å². The molecule has 0 saturated heterocycles. The summed E-state index contributed by atoms with van der Waals surface area (Å²) in [4.78, 5) is 39.6. The SMILES string of the molecule is CCCN1C(=O)NC(c2ccc(NC(=O)Nc3cccc(Br)c3)cc2)C(C(=O)OC(C)C)=C1C. The minimum absolute atomic E-state index is 0.263. The second-order valence-corrected chi connectivity index (χ2v) is 9.11. The number of nitrogens with one attached hydrogen (secondary N) is 3. The Bertz CT molecular complexity index is 1100. The number of benzene rings is 2. The quantitative estimate of drug-likeness (QED) is 0.395. The second kappa shape index (κ2) is 11.2. The molecule has 0 saturated carbocycles. The molecule has 1 unspecified atom stereocenters. The molecule has 0 aliphatic carbocycles. The highest BCUT2D eigenvalue weighted by Gasteiger charge is 2.36. The van der Waals surface area contributed by atoms with Crippen LogP contribution in [0.3, 0.4) is 0 Å². The number of rotatable bonds is 7. The molecule has 1 aliphatic heterocycles. The van der Waals surface area contributed by atoms with Crippen LogP contribution in [0.15, 0.2) is 64.3 Å². The van der Waals surface area contributed by atoms with Gasteiger partial charge in [-0.15, -0.1) is 0 Å². The molecule has 9 heteroatoms. The third kappa shape index (κ3) is 6.17. The molecule has 180 valence electrons. The molecule has 0 radical (unpaired) electrons. The lowest BCUT2D eigenvalue weighted by Crippen LogP contribution is -2.48. The van der Waals surface area contributed by atoms with Crippen molar-refractivity contribution in [3.63, 3.8) is 0 Å². The molecule has 3 N–H and O–H groups in total. The van der Waals surface area contributed by atoms with Crippen LogP contribution >= 0.6 is 15.9 Å². The van der Waals surface area contributed by atoms with E-state index < -0.39 is 12.0 Å². The number of nitrogens with zero attached hydrogens (tertiary/aromatic N) is 1. The molecule has 34 heavy (non-hydrogen) atoms. The Morgan fingerprint density at radius 3 is 2.41 bits per heavy atom. The predicted octanol–water partition coefficient (Wildman–Crippen LogP) is 5.80. The second-order valence-electron chi connectivity index (χ2n) is 8.20. The van der Waals surface area contributed by atoms with Crippen molar-refractivity contribution in [1.82, 2.24) is 10.2 Å². The van der Waals surface area contributed by atoms with Crippen molar-refractivity contribution < 1.29 is 19.1 Å². The molecule has 8 nitrogen and oxygen atoms in total. The van der Waals surface area contributed by atoms with Crippen LogP contribution in [0.2, 0.25) is 0 Å². The summed E-state index contributed by atoms with van der Waals surface area (Å²) in [5.41, 5.74) is 2.90. The lowest BCUT2D eigenvalue weighted by molar-refractivity contribution is -0.143. The number of carbonyl (C=O) groups is 3. The Morgan fingerprint density at radius 1 is 1.12 bits per heavy atom. The summed E-state index contributed by atoms with van der Waals surface area (Å²) in [6, 6.07) is 13.0. The van der Waals surface area contributed by atoms with Crippen LogP contribution in [0.1, 0.15) is 45.7 Å². The van der Waals surface area contributed by atoms with Crippen LogP contribution in [0.5, 0.6) is 0 Å². The Labute approximate surface area is 207 Å². The molecule has 1 atom stereocenters. The van der Waals surface area contributed by atoms with Gasteiger partial charge in [-0.2, -0.15) is 0 Å². The van der Waals surface area contributed by atoms with Gasteiger partial charge in [-0.05, 0) is 63.1 Å². The van der Waals surface area contributed by atoms with Crippen molar-refractivity contribution in [2.45, 2.75) is 46.3 Å². The standard InChI is InChI=1S/C25H29BrN4O4/c1-5-13-30-16(4)21(23(31)34-15(2)3)22(29-25(30)33)17-9-11-19(12-10-17)27-24(32)28-20-8-6-7-18(26)14-20/h6-12,14-15,22H,5,13H2,1-4H3,(H,29,33)(H2,27,28,32). The van der Waals surface area contributed by atoms with Crippen LogP contribution in [0.4, 0.5) is 21.0 Å². The molecule has 0 aromatic heterocycles. The Balaban J connectivity index is 1.81. The van der Waals surface area contributed by atoms with Crippen molar-refractivity contribution in [1.29, 1.82) is 0 Å². The van der Waals surface area contributed by atoms with E-state index >= 15 is 0 Å². The van der Waals surface area contributed by atoms with Gasteiger partial charge in [-0.1, -0.05) is 41.1 Å². The van der Waals surface area contributed by atoms with E-state index in [1.54, 1.807) is 62.1 Å². The van der Waals surface area contributed by atoms with Crippen molar-refractivity contribution >= 4 is 45.3 Å². The van der Waals surface area contributed by atoms with Crippen molar-refractivity contribution in [2.24, 2.45) is 0 Å². The number of amides is 4. The number of esters is 1. The minimum atomic E-state index is -0.656. The van der Waals surface area contributed by atoms with Crippen molar-refractivity contribution in [3.8, 4) is 0 Å². The lowest BCUT2D eigenvalue weighted by Gasteiger charge is -2.35. The fourth-order valence-electron chi connectivity index (χ4n) is 3.68. The van der Waals surface area contributed by atoms with E-state index in [-0.39, 0.29) is 18.2 Å². The first-order valence-corrected chi connectivity index (χ1v) is 11.9. The molecule has 3 rings (SSSR count). The van der Waals surface area contributed by atoms with Crippen molar-refractivity contribution in [2.75, 3.05) is 17.2 Å². The summed E-state index contributed by atoms with van der Waals surface area (Å²) in [6.45, 7) is 7.80. The fraction of sp³-hybridized carbons (Fsp3) is 0.320. The summed E-state index contributed by atoms with van der Waals surface area (Å²) in [5.74, 6) is -0.464. The van der Waals surface area contributed by atoms with E-state index in [1.165, 1.54) is 0 Å². The van der Waals surface area contributed by atoms with Gasteiger partial charge < -0.3 is 20.7 Å². The van der Waals surface area contributed by atoms with Gasteiger partial charge in [0.1, 0.15) is 0 Å². The van der Waals surface area contributed by atoms with E-state index in [0.29, 0.717) is 34.8 Å². The summed E-state index contributed by atoms with van der Waals surface area (Å²) in [5, 5.41) is 8.47. The van der Waals surface area contributed by atoms with Crippen LogP contribution in [-0.4, -0.2) is 35.6 Å². The Hall–Kier alpha value is -3.33. The molecule has 2 aromatic rings. The molecule has 4 amide bonds. The van der Waals surface area contributed by atoms with Gasteiger partial charge in [0.2, 0.25) is 0 Å². The van der Waals surface area contributed by atoms with E-state index in [9.17, 15) is 14.4 Å². The van der Waals surface area contributed by atoms with E-state index in [1.807, 2.05) is 19.1 Å². The summed E-state index contributed by atoms with van der Waals surface area (Å²) >= 11 is 3.37. The number of urea groups is 2. The highest BCUT2D eigenvalue weighted by atomic mass is 79.9. The smallest absolute Gasteiger partial charge is 0.338 e. The third-order valence-corrected chi connectivity index (χ3v) is 5.68. The number of anilines is 2. The first-order chi connectivity index (χ1) is 16.2. The molecule has 1 heterocycles. The maximum absolute atomic E-state index is 12.9. The normalized spacial score (nSPS) is 15.8. The van der Waals surface area contributed by atoms with Crippen molar-refractivity contribution in [3.05, 3.63) is 69.8 Å². The number of ether oxygens (including phenoxy) is 1. The molecule has 2 aromatic carbocycles. The van der Waals surface area contributed by atoms with Gasteiger partial charge in [0, 0.05) is 28.1 Å². The lowest BCUT2D eigenvalue weighted by atomic mass is 9.94. The zero-order valence-corrected chi connectivity index (χ0v) is 21.2. The monoisotopic (exact) mass is 528 g/mol. The summed E-state index contributed by atoms with van der Waals surface area (Å²) in [7, 11) is 0. The topological polar surface area (TPSA) is 99.8 Å². The predicted molar refractivity (Wildman–Crippen MR) is 135 cm³/mol. The van der Waals surface area contributed by atoms with Crippen LogP contribution < -0.4 is 16.0 Å². The van der Waals surface area contributed by atoms with Gasteiger partial charge in [0.05, 0.1) is 17.7 Å². The number of carbonyl (C=O) groups excluding carboxylic acids is 3. The van der Waals surface area contributed by atoms with E-state index in [2.05, 4.69) is 31.9 Å². The van der Waals surface area contributed by atoms with Crippen LogP contribution in [-0.2, 0) is 9.53 Å². The third-order valence-electron chi connectivity index (χ3n) is 5.19. The zero-order valence-electron chi connectivity index (χ0n) is 19.6. The average molecular weight is 529 g/mol. The maximum atomic E-state index is 12.9. The highest BCUT2D eigenvalue weighted by Crippen LogP contribution is 2.32. The maximum Gasteiger partial charge on any atom is 0.338 e. The van der Waals surface area contributed by atoms with Crippen LogP contribution in [0.25, 0.3) is 0 Å². The summed E-state index contributed by atoms with van der Waals surface area (Å²) in [6.07, 6.45) is 0.464. The molecule has 0 bridgehead atoms. The molecular formula is C25H29BrN4O4. The zero-order chi connectivity index (χ0) is 24.8. The number of hydrogen-bond acceptors (Lipinski definition) is 4. The largest absolute Gasteiger partial charge is 0.459 e. The first-order valence-electron chi connectivity index (χ1n) is 11.1. The van der Waals surface area contributed by atoms with Crippen LogP contribution in [0, 0.1) is 0 Å². The Kier molecular flexibility index (Phi) is 8.33. The number of allylic oxidation sites excluding steroid dienone is 1. The molecular weight excluding hydrogens is 500 g/mol. The molecule has 0 fully saturated rings. The van der Waals surface area contributed by atoms with Gasteiger partial charge in [0.15, 0.2) is 0 Å². The number of halogens is 1. The molecule has 1 aliphatic rings.